The summed E-state index contributed by atoms with van der Waals surface area (Å²) in [7, 11) is 0. The Kier molecular flexibility index (Phi) is 5.32. The summed E-state index contributed by atoms with van der Waals surface area (Å²) in [4.78, 5) is 0. The first-order valence-corrected chi connectivity index (χ1v) is 8.12. The number of rotatable bonds is 4. The molecule has 0 spiro atoms. The maximum Gasteiger partial charge on any atom is -0.0354 e. The molecule has 0 nitrogen and oxygen atoms in total. The molecule has 0 saturated heterocycles. The van der Waals surface area contributed by atoms with Crippen LogP contribution < -0.4 is 0 Å². The normalized spacial score (nSPS) is 24.8. The lowest BCUT2D eigenvalue weighted by molar-refractivity contribution is 0.140. The van der Waals surface area contributed by atoms with Crippen LogP contribution in [-0.4, -0.2) is 0 Å². The average molecular weight is 252 g/mol. The molecule has 1 fully saturated rings. The molecule has 0 aliphatic heterocycles. The van der Waals surface area contributed by atoms with Crippen LogP contribution in [-0.2, 0) is 0 Å². The van der Waals surface area contributed by atoms with E-state index in [0.29, 0.717) is 10.8 Å². The predicted molar refractivity (Wildman–Crippen MR) is 82.8 cm³/mol. The van der Waals surface area contributed by atoms with Gasteiger partial charge < -0.3 is 0 Å². The molecular formula is C18H36. The monoisotopic (exact) mass is 252 g/mol. The van der Waals surface area contributed by atoms with E-state index in [1.807, 2.05) is 0 Å². The van der Waals surface area contributed by atoms with E-state index in [0.717, 1.165) is 17.8 Å². The molecule has 0 aromatic rings. The second-order valence-corrected chi connectivity index (χ2v) is 8.82. The van der Waals surface area contributed by atoms with Crippen LogP contribution in [0, 0.1) is 28.6 Å². The van der Waals surface area contributed by atoms with Gasteiger partial charge in [-0.3, -0.25) is 0 Å². The maximum absolute atomic E-state index is 2.50. The molecule has 0 radical (unpaired) electrons. The van der Waals surface area contributed by atoms with Gasteiger partial charge in [-0.05, 0) is 60.7 Å². The summed E-state index contributed by atoms with van der Waals surface area (Å²) in [5.41, 5.74) is 1.10. The van der Waals surface area contributed by atoms with Crippen LogP contribution in [0.2, 0.25) is 0 Å². The molecule has 0 N–H and O–H groups in total. The Labute approximate surface area is 116 Å². The summed E-state index contributed by atoms with van der Waals surface area (Å²) in [6.45, 7) is 16.9. The zero-order chi connectivity index (χ0) is 14.0. The van der Waals surface area contributed by atoms with Gasteiger partial charge in [-0.25, -0.2) is 0 Å². The summed E-state index contributed by atoms with van der Waals surface area (Å²) >= 11 is 0. The minimum absolute atomic E-state index is 0.480. The van der Waals surface area contributed by atoms with E-state index in [4.69, 9.17) is 0 Å². The molecule has 0 heteroatoms. The highest BCUT2D eigenvalue weighted by Crippen LogP contribution is 2.42. The van der Waals surface area contributed by atoms with Gasteiger partial charge in [-0.2, -0.15) is 0 Å². The van der Waals surface area contributed by atoms with Crippen LogP contribution in [0.15, 0.2) is 0 Å². The summed E-state index contributed by atoms with van der Waals surface area (Å²) in [6.07, 6.45) is 8.66. The highest BCUT2D eigenvalue weighted by Gasteiger charge is 2.30. The summed E-state index contributed by atoms with van der Waals surface area (Å²) in [5.74, 6) is 2.79. The van der Waals surface area contributed by atoms with Crippen LogP contribution in [0.3, 0.4) is 0 Å². The minimum Gasteiger partial charge on any atom is -0.0622 e. The fraction of sp³-hybridized carbons (Fsp3) is 1.00. The third-order valence-electron chi connectivity index (χ3n) is 5.72. The molecule has 2 atom stereocenters. The van der Waals surface area contributed by atoms with Crippen molar-refractivity contribution in [3.05, 3.63) is 0 Å². The minimum atomic E-state index is 0.480. The Balaban J connectivity index is 2.32. The lowest BCUT2D eigenvalue weighted by Gasteiger charge is -2.37. The molecule has 1 aliphatic rings. The predicted octanol–water partition coefficient (Wildman–Crippen LogP) is 6.30. The van der Waals surface area contributed by atoms with Crippen molar-refractivity contribution in [2.45, 2.75) is 87.0 Å². The van der Waals surface area contributed by atoms with E-state index in [-0.39, 0.29) is 0 Å². The van der Waals surface area contributed by atoms with Gasteiger partial charge in [-0.15, -0.1) is 0 Å². The van der Waals surface area contributed by atoms with Gasteiger partial charge in [-0.1, -0.05) is 54.9 Å². The smallest absolute Gasteiger partial charge is 0.0354 e. The van der Waals surface area contributed by atoms with Crippen molar-refractivity contribution in [1.82, 2.24) is 0 Å². The molecule has 0 amide bonds. The van der Waals surface area contributed by atoms with Gasteiger partial charge in [0.25, 0.3) is 0 Å². The third-order valence-corrected chi connectivity index (χ3v) is 5.72. The molecule has 0 aromatic carbocycles. The van der Waals surface area contributed by atoms with Crippen molar-refractivity contribution in [2.24, 2.45) is 28.6 Å². The SMILES string of the molecule is CC(CCC(C)C(C)(C)C)C1CCC(C)(C)CC1. The lowest BCUT2D eigenvalue weighted by atomic mass is 9.68. The van der Waals surface area contributed by atoms with Crippen LogP contribution >= 0.6 is 0 Å². The fourth-order valence-electron chi connectivity index (χ4n) is 3.17. The molecule has 1 rings (SSSR count). The van der Waals surface area contributed by atoms with E-state index in [1.54, 1.807) is 0 Å². The van der Waals surface area contributed by atoms with Crippen molar-refractivity contribution >= 4 is 0 Å². The summed E-state index contributed by atoms with van der Waals surface area (Å²) < 4.78 is 0. The second kappa shape index (κ2) is 5.97. The van der Waals surface area contributed by atoms with Gasteiger partial charge >= 0.3 is 0 Å². The molecule has 0 aromatic heterocycles. The summed E-state index contributed by atoms with van der Waals surface area (Å²) in [6, 6.07) is 0. The Bertz CT molecular complexity index is 233. The van der Waals surface area contributed by atoms with Gasteiger partial charge in [0, 0.05) is 0 Å². The third kappa shape index (κ3) is 4.94. The highest BCUT2D eigenvalue weighted by molar-refractivity contribution is 4.81. The van der Waals surface area contributed by atoms with Gasteiger partial charge in [0.1, 0.15) is 0 Å². The van der Waals surface area contributed by atoms with Crippen molar-refractivity contribution in [3.8, 4) is 0 Å². The largest absolute Gasteiger partial charge is 0.0622 e. The Morgan fingerprint density at radius 3 is 1.94 bits per heavy atom. The standard InChI is InChI=1S/C18H36/c1-14(8-9-15(2)17(3,4)5)16-10-12-18(6,7)13-11-16/h14-16H,8-13H2,1-7H3. The molecule has 0 heterocycles. The average Bonchev–Trinajstić information content (AvgIpc) is 2.24. The molecule has 1 aliphatic carbocycles. The van der Waals surface area contributed by atoms with Crippen LogP contribution in [0.1, 0.15) is 87.0 Å². The Morgan fingerprint density at radius 1 is 1.00 bits per heavy atom. The molecule has 0 bridgehead atoms. The van der Waals surface area contributed by atoms with Crippen molar-refractivity contribution in [1.29, 1.82) is 0 Å². The maximum atomic E-state index is 2.50. The van der Waals surface area contributed by atoms with E-state index in [1.165, 1.54) is 38.5 Å². The van der Waals surface area contributed by atoms with E-state index >= 15 is 0 Å². The molecule has 1 saturated carbocycles. The topological polar surface area (TPSA) is 0 Å². The first-order chi connectivity index (χ1) is 8.12. The van der Waals surface area contributed by atoms with Crippen LogP contribution in [0.5, 0.6) is 0 Å². The van der Waals surface area contributed by atoms with E-state index in [2.05, 4.69) is 48.5 Å². The first kappa shape index (κ1) is 16.1. The Hall–Kier alpha value is 0. The molecular weight excluding hydrogens is 216 g/mol. The van der Waals surface area contributed by atoms with Gasteiger partial charge in [0.15, 0.2) is 0 Å². The zero-order valence-electron chi connectivity index (χ0n) is 14.0. The van der Waals surface area contributed by atoms with Crippen molar-refractivity contribution < 1.29 is 0 Å². The number of hydrogen-bond acceptors (Lipinski definition) is 0. The first-order valence-electron chi connectivity index (χ1n) is 8.12. The van der Waals surface area contributed by atoms with Crippen molar-refractivity contribution in [2.75, 3.05) is 0 Å². The number of hydrogen-bond donors (Lipinski definition) is 0. The van der Waals surface area contributed by atoms with E-state index < -0.39 is 0 Å². The van der Waals surface area contributed by atoms with E-state index in [9.17, 15) is 0 Å². The molecule has 18 heavy (non-hydrogen) atoms. The van der Waals surface area contributed by atoms with Gasteiger partial charge in [0.2, 0.25) is 0 Å². The van der Waals surface area contributed by atoms with Crippen molar-refractivity contribution in [3.63, 3.8) is 0 Å². The zero-order valence-corrected chi connectivity index (χ0v) is 14.0. The fourth-order valence-corrected chi connectivity index (χ4v) is 3.17. The second-order valence-electron chi connectivity index (χ2n) is 8.82. The highest BCUT2D eigenvalue weighted by atomic mass is 14.4. The van der Waals surface area contributed by atoms with Crippen LogP contribution in [0.4, 0.5) is 0 Å². The lowest BCUT2D eigenvalue weighted by Crippen LogP contribution is -2.26. The Morgan fingerprint density at radius 2 is 1.50 bits per heavy atom. The quantitative estimate of drug-likeness (QED) is 0.550. The van der Waals surface area contributed by atoms with Gasteiger partial charge in [0.05, 0.1) is 0 Å². The van der Waals surface area contributed by atoms with Crippen LogP contribution in [0.25, 0.3) is 0 Å². The molecule has 2 unspecified atom stereocenters. The molecule has 108 valence electrons. The summed E-state index contributed by atoms with van der Waals surface area (Å²) in [5, 5.41) is 0.